The number of fused-ring (bicyclic) bond motifs is 1. The monoisotopic (exact) mass is 432 g/mol. The average molecular weight is 433 g/mol. The van der Waals surface area contributed by atoms with Crippen LogP contribution < -0.4 is 10.9 Å². The van der Waals surface area contributed by atoms with Gasteiger partial charge in [0.2, 0.25) is 5.91 Å². The largest absolute Gasteiger partial charge is 0.334 e. The van der Waals surface area contributed by atoms with Crippen molar-refractivity contribution >= 4 is 34.3 Å². The summed E-state index contributed by atoms with van der Waals surface area (Å²) in [5, 5.41) is 7.72. The van der Waals surface area contributed by atoms with Gasteiger partial charge in [-0.3, -0.25) is 14.2 Å². The molecule has 1 aliphatic rings. The molecule has 0 unspecified atom stereocenters. The molecule has 4 aromatic rings. The highest BCUT2D eigenvalue weighted by Crippen LogP contribution is 2.39. The highest BCUT2D eigenvalue weighted by Gasteiger charge is 2.29. The number of aromatic nitrogens is 3. The minimum Gasteiger partial charge on any atom is -0.334 e. The second-order valence-corrected chi connectivity index (χ2v) is 8.39. The van der Waals surface area contributed by atoms with Crippen molar-refractivity contribution in [3.8, 4) is 11.5 Å². The zero-order valence-corrected chi connectivity index (χ0v) is 17.7. The van der Waals surface area contributed by atoms with Gasteiger partial charge in [-0.05, 0) is 43.4 Å². The van der Waals surface area contributed by atoms with Crippen molar-refractivity contribution < 1.29 is 9.32 Å². The van der Waals surface area contributed by atoms with Gasteiger partial charge in [-0.2, -0.15) is 4.98 Å². The summed E-state index contributed by atoms with van der Waals surface area (Å²) in [5.74, 6) is 1.11. The van der Waals surface area contributed by atoms with Gasteiger partial charge in [-0.1, -0.05) is 29.4 Å². The molecule has 156 valence electrons. The summed E-state index contributed by atoms with van der Waals surface area (Å²) in [6, 6.07) is 16.5. The van der Waals surface area contributed by atoms with E-state index in [1.54, 1.807) is 11.8 Å². The Bertz CT molecular complexity index is 1340. The second-order valence-electron chi connectivity index (χ2n) is 7.51. The smallest absolute Gasteiger partial charge is 0.258 e. The van der Waals surface area contributed by atoms with Crippen molar-refractivity contribution in [1.82, 2.24) is 14.7 Å². The van der Waals surface area contributed by atoms with Crippen molar-refractivity contribution in [2.45, 2.75) is 30.2 Å². The van der Waals surface area contributed by atoms with Gasteiger partial charge in [-0.15, -0.1) is 11.8 Å². The Labute approximate surface area is 182 Å². The zero-order valence-electron chi connectivity index (χ0n) is 16.9. The number of hydrogen-bond acceptors (Lipinski definition) is 6. The standard InChI is InChI=1S/C23H20N4O3S/c1-31-16-6-4-5-15(11-16)24-20(28)13-27-19-8-3-2-7-17(19)18(12-21(27)29)23-25-22(26-30-23)14-9-10-14/h2-8,11-12,14H,9-10,13H2,1H3,(H,24,28). The predicted octanol–water partition coefficient (Wildman–Crippen LogP) is 4.29. The molecule has 0 bridgehead atoms. The summed E-state index contributed by atoms with van der Waals surface area (Å²) in [4.78, 5) is 31.2. The molecule has 0 radical (unpaired) electrons. The van der Waals surface area contributed by atoms with Crippen LogP contribution >= 0.6 is 11.8 Å². The van der Waals surface area contributed by atoms with E-state index in [9.17, 15) is 9.59 Å². The van der Waals surface area contributed by atoms with Crippen molar-refractivity contribution in [2.24, 2.45) is 0 Å². The molecule has 7 nitrogen and oxygen atoms in total. The van der Waals surface area contributed by atoms with Gasteiger partial charge in [0.15, 0.2) is 5.82 Å². The summed E-state index contributed by atoms with van der Waals surface area (Å²) >= 11 is 1.60. The normalized spacial score (nSPS) is 13.5. The number of nitrogens with zero attached hydrogens (tertiary/aromatic N) is 3. The van der Waals surface area contributed by atoms with E-state index in [4.69, 9.17) is 4.52 Å². The summed E-state index contributed by atoms with van der Waals surface area (Å²) in [6.45, 7) is -0.0969. The Hall–Kier alpha value is -3.39. The Balaban J connectivity index is 1.48. The van der Waals surface area contributed by atoms with E-state index in [2.05, 4.69) is 15.5 Å². The summed E-state index contributed by atoms with van der Waals surface area (Å²) in [6.07, 6.45) is 4.11. The summed E-state index contributed by atoms with van der Waals surface area (Å²) < 4.78 is 6.91. The lowest BCUT2D eigenvalue weighted by Gasteiger charge is -2.12. The van der Waals surface area contributed by atoms with E-state index in [-0.39, 0.29) is 18.0 Å². The molecule has 1 fully saturated rings. The van der Waals surface area contributed by atoms with Crippen LogP contribution in [-0.2, 0) is 11.3 Å². The number of anilines is 1. The Morgan fingerprint density at radius 3 is 2.84 bits per heavy atom. The van der Waals surface area contributed by atoms with Gasteiger partial charge in [0, 0.05) is 28.0 Å². The first-order chi connectivity index (χ1) is 15.1. The molecule has 0 aliphatic heterocycles. The highest BCUT2D eigenvalue weighted by molar-refractivity contribution is 7.98. The maximum atomic E-state index is 13.0. The molecule has 2 heterocycles. The minimum atomic E-state index is -0.298. The van der Waals surface area contributed by atoms with Crippen LogP contribution in [0.3, 0.4) is 0 Å². The number of carbonyl (C=O) groups excluding carboxylic acids is 1. The molecule has 1 N–H and O–H groups in total. The number of pyridine rings is 1. The molecule has 31 heavy (non-hydrogen) atoms. The molecule has 0 atom stereocenters. The second kappa shape index (κ2) is 8.03. The molecule has 1 saturated carbocycles. The van der Waals surface area contributed by atoms with Crippen LogP contribution in [-0.4, -0.2) is 26.9 Å². The lowest BCUT2D eigenvalue weighted by atomic mass is 10.1. The third-order valence-electron chi connectivity index (χ3n) is 5.29. The first-order valence-corrected chi connectivity index (χ1v) is 11.3. The fourth-order valence-corrected chi connectivity index (χ4v) is 4.03. The quantitative estimate of drug-likeness (QED) is 0.457. The van der Waals surface area contributed by atoms with Crippen LogP contribution in [0.15, 0.2) is 68.8 Å². The number of benzene rings is 2. The molecule has 1 aliphatic carbocycles. The summed E-state index contributed by atoms with van der Waals surface area (Å²) in [7, 11) is 0. The highest BCUT2D eigenvalue weighted by atomic mass is 32.2. The fraction of sp³-hybridized carbons (Fsp3) is 0.217. The third kappa shape index (κ3) is 3.98. The number of hydrogen-bond donors (Lipinski definition) is 1. The molecule has 0 saturated heterocycles. The Morgan fingerprint density at radius 1 is 1.19 bits per heavy atom. The maximum Gasteiger partial charge on any atom is 0.258 e. The van der Waals surface area contributed by atoms with E-state index in [1.165, 1.54) is 10.6 Å². The number of nitrogens with one attached hydrogen (secondary N) is 1. The van der Waals surface area contributed by atoms with Gasteiger partial charge in [0.05, 0.1) is 11.1 Å². The Kier molecular flexibility index (Phi) is 5.07. The zero-order chi connectivity index (χ0) is 21.4. The van der Waals surface area contributed by atoms with Crippen LogP contribution in [0.2, 0.25) is 0 Å². The summed E-state index contributed by atoms with van der Waals surface area (Å²) in [5.41, 5.74) is 1.63. The van der Waals surface area contributed by atoms with Crippen molar-refractivity contribution in [1.29, 1.82) is 0 Å². The van der Waals surface area contributed by atoms with Gasteiger partial charge in [0.1, 0.15) is 6.54 Å². The van der Waals surface area contributed by atoms with E-state index >= 15 is 0 Å². The molecule has 2 aromatic carbocycles. The van der Waals surface area contributed by atoms with Crippen LogP contribution in [0.4, 0.5) is 5.69 Å². The van der Waals surface area contributed by atoms with Crippen LogP contribution in [0.5, 0.6) is 0 Å². The molecule has 0 spiro atoms. The molecular weight excluding hydrogens is 412 g/mol. The number of carbonyl (C=O) groups is 1. The van der Waals surface area contributed by atoms with Crippen molar-refractivity contribution in [3.63, 3.8) is 0 Å². The predicted molar refractivity (Wildman–Crippen MR) is 120 cm³/mol. The molecule has 1 amide bonds. The van der Waals surface area contributed by atoms with Gasteiger partial charge in [0.25, 0.3) is 11.4 Å². The maximum absolute atomic E-state index is 13.0. The molecule has 8 heteroatoms. The topological polar surface area (TPSA) is 90.0 Å². The molecule has 2 aromatic heterocycles. The minimum absolute atomic E-state index is 0.0969. The van der Waals surface area contributed by atoms with Gasteiger partial charge < -0.3 is 9.84 Å². The first-order valence-electron chi connectivity index (χ1n) is 10.0. The van der Waals surface area contributed by atoms with E-state index in [0.717, 1.165) is 23.1 Å². The Morgan fingerprint density at radius 2 is 2.03 bits per heavy atom. The average Bonchev–Trinajstić information content (AvgIpc) is 3.52. The number of rotatable bonds is 6. The third-order valence-corrected chi connectivity index (χ3v) is 6.01. The fourth-order valence-electron chi connectivity index (χ4n) is 3.57. The van der Waals surface area contributed by atoms with E-state index in [0.29, 0.717) is 34.4 Å². The lowest BCUT2D eigenvalue weighted by molar-refractivity contribution is -0.116. The van der Waals surface area contributed by atoms with Crippen LogP contribution in [0, 0.1) is 0 Å². The van der Waals surface area contributed by atoms with E-state index in [1.807, 2.05) is 54.8 Å². The lowest BCUT2D eigenvalue weighted by Crippen LogP contribution is -2.27. The van der Waals surface area contributed by atoms with E-state index < -0.39 is 0 Å². The van der Waals surface area contributed by atoms with Gasteiger partial charge >= 0.3 is 0 Å². The van der Waals surface area contributed by atoms with Crippen molar-refractivity contribution in [3.05, 3.63) is 70.8 Å². The van der Waals surface area contributed by atoms with Crippen LogP contribution in [0.1, 0.15) is 24.6 Å². The SMILES string of the molecule is CSc1cccc(NC(=O)Cn2c(=O)cc(-c3nc(C4CC4)no3)c3ccccc32)c1. The first kappa shape index (κ1) is 19.6. The number of para-hydroxylation sites is 1. The molecular formula is C23H20N4O3S. The van der Waals surface area contributed by atoms with Gasteiger partial charge in [-0.25, -0.2) is 0 Å². The van der Waals surface area contributed by atoms with Crippen molar-refractivity contribution in [2.75, 3.05) is 11.6 Å². The van der Waals surface area contributed by atoms with Crippen LogP contribution in [0.25, 0.3) is 22.4 Å². The number of amides is 1. The number of thioether (sulfide) groups is 1. The molecule has 5 rings (SSSR count).